The molecule has 0 bridgehead atoms. The number of nitrogens with one attached hydrogen (secondary N) is 1. The van der Waals surface area contributed by atoms with Crippen LogP contribution in [0.15, 0.2) is 30.5 Å². The predicted molar refractivity (Wildman–Crippen MR) is 94.5 cm³/mol. The summed E-state index contributed by atoms with van der Waals surface area (Å²) in [5.74, 6) is 0.0273. The van der Waals surface area contributed by atoms with Gasteiger partial charge in [-0.1, -0.05) is 18.2 Å². The van der Waals surface area contributed by atoms with Crippen LogP contribution < -0.4 is 5.32 Å². The van der Waals surface area contributed by atoms with Crippen molar-refractivity contribution >= 4 is 16.8 Å². The van der Waals surface area contributed by atoms with Crippen molar-refractivity contribution in [3.8, 4) is 6.07 Å². The number of fused-ring (bicyclic) bond motifs is 1. The average Bonchev–Trinajstić information content (AvgIpc) is 3.18. The number of benzene rings is 1. The van der Waals surface area contributed by atoms with Gasteiger partial charge >= 0.3 is 0 Å². The molecule has 0 aliphatic carbocycles. The number of para-hydroxylation sites is 1. The Hall–Kier alpha value is -2.32. The maximum atomic E-state index is 12.3. The number of aryl methyl sites for hydroxylation is 1. The van der Waals surface area contributed by atoms with E-state index in [0.29, 0.717) is 6.54 Å². The third-order valence-electron chi connectivity index (χ3n) is 4.78. The van der Waals surface area contributed by atoms with Gasteiger partial charge in [-0.2, -0.15) is 5.26 Å². The molecule has 1 amide bonds. The van der Waals surface area contributed by atoms with Gasteiger partial charge in [-0.15, -0.1) is 0 Å². The van der Waals surface area contributed by atoms with Gasteiger partial charge in [0.25, 0.3) is 0 Å². The van der Waals surface area contributed by atoms with Crippen LogP contribution in [0, 0.1) is 18.3 Å². The Bertz CT molecular complexity index is 773. The van der Waals surface area contributed by atoms with Crippen LogP contribution in [-0.2, 0) is 11.3 Å². The fraction of sp³-hybridized carbons (Fsp3) is 0.474. The first kappa shape index (κ1) is 16.5. The largest absolute Gasteiger partial charge is 0.346 e. The van der Waals surface area contributed by atoms with Crippen LogP contribution in [0.2, 0.25) is 0 Å². The molecule has 0 radical (unpaired) electrons. The van der Waals surface area contributed by atoms with Crippen LogP contribution in [0.1, 0.15) is 25.3 Å². The third kappa shape index (κ3) is 3.29. The standard InChI is InChI=1S/C19H24N4O/c1-14-12-22(18-8-4-3-7-17(14)18)13-15(2)21-11-19(24)23-9-5-6-16(23)10-20/h3-4,7-8,12,15-16,21H,5-6,9,11,13H2,1-2H3/t15?,16-/m0/s1. The number of hydrogen-bond donors (Lipinski definition) is 1. The number of nitriles is 1. The van der Waals surface area contributed by atoms with E-state index in [9.17, 15) is 4.79 Å². The lowest BCUT2D eigenvalue weighted by atomic mass is 10.2. The van der Waals surface area contributed by atoms with Crippen LogP contribution in [0.5, 0.6) is 0 Å². The van der Waals surface area contributed by atoms with Crippen LogP contribution >= 0.6 is 0 Å². The SMILES string of the molecule is Cc1cn(CC(C)NCC(=O)N2CCC[C@H]2C#N)c2ccccc12. The van der Waals surface area contributed by atoms with E-state index in [-0.39, 0.29) is 24.5 Å². The van der Waals surface area contributed by atoms with E-state index < -0.39 is 0 Å². The molecule has 1 aromatic carbocycles. The van der Waals surface area contributed by atoms with Gasteiger partial charge in [0.2, 0.25) is 5.91 Å². The molecular formula is C19H24N4O. The van der Waals surface area contributed by atoms with Crippen LogP contribution in [-0.4, -0.2) is 40.5 Å². The first-order valence-electron chi connectivity index (χ1n) is 8.57. The summed E-state index contributed by atoms with van der Waals surface area (Å²) in [6.45, 7) is 6.01. The molecule has 0 spiro atoms. The van der Waals surface area contributed by atoms with Crippen molar-refractivity contribution in [3.05, 3.63) is 36.0 Å². The fourth-order valence-corrected chi connectivity index (χ4v) is 3.50. The first-order chi connectivity index (χ1) is 11.6. The minimum absolute atomic E-state index is 0.0273. The summed E-state index contributed by atoms with van der Waals surface area (Å²) in [6, 6.07) is 10.5. The number of hydrogen-bond acceptors (Lipinski definition) is 3. The van der Waals surface area contributed by atoms with Gasteiger partial charge in [-0.05, 0) is 38.3 Å². The molecular weight excluding hydrogens is 300 g/mol. The minimum atomic E-state index is -0.245. The van der Waals surface area contributed by atoms with Crippen molar-refractivity contribution < 1.29 is 4.79 Å². The third-order valence-corrected chi connectivity index (χ3v) is 4.78. The maximum absolute atomic E-state index is 12.3. The zero-order chi connectivity index (χ0) is 17.1. The molecule has 0 saturated carbocycles. The summed E-state index contributed by atoms with van der Waals surface area (Å²) in [5.41, 5.74) is 2.49. The van der Waals surface area contributed by atoms with Crippen molar-refractivity contribution in [3.63, 3.8) is 0 Å². The average molecular weight is 324 g/mol. The molecule has 5 nitrogen and oxygen atoms in total. The molecule has 1 aliphatic rings. The van der Waals surface area contributed by atoms with Crippen molar-refractivity contribution in [2.24, 2.45) is 0 Å². The molecule has 1 aliphatic heterocycles. The van der Waals surface area contributed by atoms with Gasteiger partial charge in [0.15, 0.2) is 0 Å². The van der Waals surface area contributed by atoms with Crippen molar-refractivity contribution in [1.29, 1.82) is 5.26 Å². The molecule has 2 atom stereocenters. The summed E-state index contributed by atoms with van der Waals surface area (Å²) in [7, 11) is 0. The van der Waals surface area contributed by atoms with Gasteiger partial charge in [-0.25, -0.2) is 0 Å². The van der Waals surface area contributed by atoms with E-state index >= 15 is 0 Å². The second-order valence-corrected chi connectivity index (χ2v) is 6.64. The van der Waals surface area contributed by atoms with Crippen LogP contribution in [0.25, 0.3) is 10.9 Å². The Balaban J connectivity index is 1.58. The Morgan fingerprint density at radius 3 is 3.04 bits per heavy atom. The predicted octanol–water partition coefficient (Wildman–Crippen LogP) is 2.44. The number of aromatic nitrogens is 1. The normalized spacial score (nSPS) is 18.7. The molecule has 2 heterocycles. The Kier molecular flexibility index (Phi) is 4.86. The summed E-state index contributed by atoms with van der Waals surface area (Å²) in [5, 5.41) is 13.7. The quantitative estimate of drug-likeness (QED) is 0.919. The number of carbonyl (C=O) groups excluding carboxylic acids is 1. The van der Waals surface area contributed by atoms with Crippen molar-refractivity contribution in [1.82, 2.24) is 14.8 Å². The second-order valence-electron chi connectivity index (χ2n) is 6.64. The van der Waals surface area contributed by atoms with E-state index in [1.54, 1.807) is 4.90 Å². The summed E-state index contributed by atoms with van der Waals surface area (Å²) in [4.78, 5) is 14.0. The maximum Gasteiger partial charge on any atom is 0.237 e. The summed E-state index contributed by atoms with van der Waals surface area (Å²) >= 11 is 0. The topological polar surface area (TPSA) is 61.1 Å². The molecule has 1 N–H and O–H groups in total. The number of likely N-dealkylation sites (tertiary alicyclic amines) is 1. The molecule has 1 aromatic heterocycles. The van der Waals surface area contributed by atoms with Gasteiger partial charge < -0.3 is 14.8 Å². The highest BCUT2D eigenvalue weighted by Crippen LogP contribution is 2.20. The Morgan fingerprint density at radius 2 is 2.25 bits per heavy atom. The molecule has 5 heteroatoms. The van der Waals surface area contributed by atoms with Crippen molar-refractivity contribution in [2.45, 2.75) is 45.3 Å². The number of nitrogens with zero attached hydrogens (tertiary/aromatic N) is 3. The van der Waals surface area contributed by atoms with E-state index in [1.807, 2.05) is 0 Å². The zero-order valence-electron chi connectivity index (χ0n) is 14.3. The van der Waals surface area contributed by atoms with E-state index in [0.717, 1.165) is 19.4 Å². The Morgan fingerprint density at radius 1 is 1.46 bits per heavy atom. The molecule has 126 valence electrons. The molecule has 3 rings (SSSR count). The molecule has 2 aromatic rings. The molecule has 24 heavy (non-hydrogen) atoms. The zero-order valence-corrected chi connectivity index (χ0v) is 14.3. The molecule has 1 unspecified atom stereocenters. The lowest BCUT2D eigenvalue weighted by Gasteiger charge is -2.21. The fourth-order valence-electron chi connectivity index (χ4n) is 3.50. The van der Waals surface area contributed by atoms with E-state index in [1.165, 1.54) is 16.5 Å². The highest BCUT2D eigenvalue weighted by atomic mass is 16.2. The Labute approximate surface area is 142 Å². The number of carbonyl (C=O) groups is 1. The monoisotopic (exact) mass is 324 g/mol. The molecule has 1 fully saturated rings. The van der Waals surface area contributed by atoms with Crippen LogP contribution in [0.3, 0.4) is 0 Å². The van der Waals surface area contributed by atoms with Gasteiger partial charge in [0.1, 0.15) is 6.04 Å². The first-order valence-corrected chi connectivity index (χ1v) is 8.57. The summed E-state index contributed by atoms with van der Waals surface area (Å²) < 4.78 is 2.24. The van der Waals surface area contributed by atoms with E-state index in [2.05, 4.69) is 60.3 Å². The van der Waals surface area contributed by atoms with Gasteiger partial charge in [0, 0.05) is 36.2 Å². The van der Waals surface area contributed by atoms with Gasteiger partial charge in [-0.3, -0.25) is 4.79 Å². The van der Waals surface area contributed by atoms with Crippen LogP contribution in [0.4, 0.5) is 0 Å². The van der Waals surface area contributed by atoms with Crippen molar-refractivity contribution in [2.75, 3.05) is 13.1 Å². The summed E-state index contributed by atoms with van der Waals surface area (Å²) in [6.07, 6.45) is 3.89. The smallest absolute Gasteiger partial charge is 0.237 e. The number of rotatable bonds is 5. The van der Waals surface area contributed by atoms with E-state index in [4.69, 9.17) is 5.26 Å². The molecule has 1 saturated heterocycles. The highest BCUT2D eigenvalue weighted by molar-refractivity contribution is 5.83. The second kappa shape index (κ2) is 7.06. The number of amides is 1. The lowest BCUT2D eigenvalue weighted by Crippen LogP contribution is -2.43. The van der Waals surface area contributed by atoms with Gasteiger partial charge in [0.05, 0.1) is 12.6 Å². The lowest BCUT2D eigenvalue weighted by molar-refractivity contribution is -0.130. The minimum Gasteiger partial charge on any atom is -0.346 e. The highest BCUT2D eigenvalue weighted by Gasteiger charge is 2.28.